The van der Waals surface area contributed by atoms with Crippen molar-refractivity contribution in [2.24, 2.45) is 0 Å². The number of amides is 2. The zero-order valence-electron chi connectivity index (χ0n) is 23.4. The highest BCUT2D eigenvalue weighted by Gasteiger charge is 2.34. The van der Waals surface area contributed by atoms with Crippen LogP contribution in [0.2, 0.25) is 5.02 Å². The van der Waals surface area contributed by atoms with Crippen LogP contribution in [0.25, 0.3) is 0 Å². The number of carbonyl (C=O) groups excluding carboxylic acids is 2. The third-order valence-corrected chi connectivity index (χ3v) is 9.59. The van der Waals surface area contributed by atoms with Crippen LogP contribution in [-0.2, 0) is 26.0 Å². The lowest BCUT2D eigenvalue weighted by molar-refractivity contribution is -0.140. The Labute approximate surface area is 248 Å². The average Bonchev–Trinajstić information content (AvgIpc) is 2.99. The number of benzene rings is 3. The van der Waals surface area contributed by atoms with Gasteiger partial charge in [-0.1, -0.05) is 86.3 Å². The van der Waals surface area contributed by atoms with Crippen LogP contribution in [0.4, 0.5) is 5.69 Å². The number of hydrogen-bond donors (Lipinski definition) is 1. The molecule has 1 fully saturated rings. The Morgan fingerprint density at radius 1 is 0.902 bits per heavy atom. The normalized spacial score (nSPS) is 14.7. The van der Waals surface area contributed by atoms with Crippen LogP contribution in [-0.4, -0.2) is 50.3 Å². The lowest BCUT2D eigenvalue weighted by Crippen LogP contribution is -2.54. The molecule has 0 saturated heterocycles. The van der Waals surface area contributed by atoms with Gasteiger partial charge in [-0.2, -0.15) is 0 Å². The summed E-state index contributed by atoms with van der Waals surface area (Å²) in [5, 5.41) is 3.62. The summed E-state index contributed by atoms with van der Waals surface area (Å²) in [6.45, 7) is 1.70. The maximum Gasteiger partial charge on any atom is 0.264 e. The smallest absolute Gasteiger partial charge is 0.264 e. The lowest BCUT2D eigenvalue weighted by atomic mass is 9.95. The fourth-order valence-corrected chi connectivity index (χ4v) is 6.86. The molecule has 9 heteroatoms. The fourth-order valence-electron chi connectivity index (χ4n) is 5.30. The van der Waals surface area contributed by atoms with Gasteiger partial charge in [-0.3, -0.25) is 13.9 Å². The molecule has 0 aliphatic heterocycles. The van der Waals surface area contributed by atoms with E-state index in [1.165, 1.54) is 18.6 Å². The van der Waals surface area contributed by atoms with Crippen molar-refractivity contribution < 1.29 is 18.0 Å². The maximum absolute atomic E-state index is 14.1. The third-order valence-electron chi connectivity index (χ3n) is 7.55. The number of carbonyl (C=O) groups is 2. The van der Waals surface area contributed by atoms with E-state index in [0.717, 1.165) is 35.6 Å². The zero-order valence-corrected chi connectivity index (χ0v) is 25.0. The molecule has 1 aliphatic rings. The summed E-state index contributed by atoms with van der Waals surface area (Å²) in [6.07, 6.45) is 6.12. The second kappa shape index (κ2) is 14.5. The van der Waals surface area contributed by atoms with Gasteiger partial charge in [0.15, 0.2) is 0 Å². The molecule has 0 radical (unpaired) electrons. The van der Waals surface area contributed by atoms with Gasteiger partial charge < -0.3 is 10.2 Å². The van der Waals surface area contributed by atoms with Gasteiger partial charge in [0.05, 0.1) is 10.6 Å². The van der Waals surface area contributed by atoms with Gasteiger partial charge >= 0.3 is 0 Å². The number of nitrogens with zero attached hydrogens (tertiary/aromatic N) is 2. The summed E-state index contributed by atoms with van der Waals surface area (Å²) in [6, 6.07) is 23.5. The number of sulfonamides is 1. The molecule has 0 unspecified atom stereocenters. The Morgan fingerprint density at radius 3 is 2.12 bits per heavy atom. The summed E-state index contributed by atoms with van der Waals surface area (Å²) in [4.78, 5) is 29.3. The SMILES string of the molecule is CC[C@H](C(=O)NC1CCCCC1)N(CCc1ccccc1)C(=O)CN(c1ccc(Cl)cc1)S(=O)(=O)c1ccccc1. The van der Waals surface area contributed by atoms with Crippen LogP contribution in [0, 0.1) is 0 Å². The van der Waals surface area contributed by atoms with Crippen LogP contribution in [0.3, 0.4) is 0 Å². The standard InChI is InChI=1S/C32H38ClN3O4S/c1-2-30(32(38)34-27-14-8-4-9-15-27)35(23-22-25-12-6-3-7-13-25)31(37)24-36(28-20-18-26(33)19-21-28)41(39,40)29-16-10-5-11-17-29/h3,5-7,10-13,16-21,27,30H,2,4,8-9,14-15,22-24H2,1H3,(H,34,38)/t30-/m1/s1. The van der Waals surface area contributed by atoms with Gasteiger partial charge in [0.25, 0.3) is 10.0 Å². The van der Waals surface area contributed by atoms with Crippen molar-refractivity contribution >= 4 is 39.1 Å². The highest BCUT2D eigenvalue weighted by Crippen LogP contribution is 2.26. The predicted octanol–water partition coefficient (Wildman–Crippen LogP) is 5.83. The molecule has 7 nitrogen and oxygen atoms in total. The van der Waals surface area contributed by atoms with E-state index in [2.05, 4.69) is 5.32 Å². The van der Waals surface area contributed by atoms with Crippen molar-refractivity contribution in [3.8, 4) is 0 Å². The molecule has 218 valence electrons. The first-order chi connectivity index (χ1) is 19.8. The summed E-state index contributed by atoms with van der Waals surface area (Å²) >= 11 is 6.09. The van der Waals surface area contributed by atoms with Crippen molar-refractivity contribution in [3.63, 3.8) is 0 Å². The molecule has 0 aromatic heterocycles. The highest BCUT2D eigenvalue weighted by atomic mass is 35.5. The Kier molecular flexibility index (Phi) is 10.8. The van der Waals surface area contributed by atoms with E-state index in [4.69, 9.17) is 11.6 Å². The third kappa shape index (κ3) is 8.11. The van der Waals surface area contributed by atoms with E-state index in [0.29, 0.717) is 23.6 Å². The van der Waals surface area contributed by atoms with Gasteiger partial charge in [0.2, 0.25) is 11.8 Å². The Bertz CT molecular complexity index is 1380. The van der Waals surface area contributed by atoms with Gasteiger partial charge in [0.1, 0.15) is 12.6 Å². The molecule has 1 aliphatic carbocycles. The molecule has 41 heavy (non-hydrogen) atoms. The second-order valence-electron chi connectivity index (χ2n) is 10.4. The van der Waals surface area contributed by atoms with Crippen molar-refractivity contribution in [3.05, 3.63) is 95.5 Å². The first-order valence-corrected chi connectivity index (χ1v) is 16.1. The molecular formula is C32H38ClN3O4S. The fraction of sp³-hybridized carbons (Fsp3) is 0.375. The lowest BCUT2D eigenvalue weighted by Gasteiger charge is -2.34. The molecule has 3 aromatic carbocycles. The minimum atomic E-state index is -4.10. The molecule has 0 heterocycles. The molecule has 2 amide bonds. The molecule has 0 bridgehead atoms. The van der Waals surface area contributed by atoms with Crippen LogP contribution in [0.1, 0.15) is 51.0 Å². The summed E-state index contributed by atoms with van der Waals surface area (Å²) in [5.41, 5.74) is 1.34. The average molecular weight is 596 g/mol. The van der Waals surface area contributed by atoms with E-state index in [1.807, 2.05) is 37.3 Å². The summed E-state index contributed by atoms with van der Waals surface area (Å²) in [5.74, 6) is -0.634. The highest BCUT2D eigenvalue weighted by molar-refractivity contribution is 7.92. The summed E-state index contributed by atoms with van der Waals surface area (Å²) in [7, 11) is -4.10. The minimum Gasteiger partial charge on any atom is -0.352 e. The molecule has 1 atom stereocenters. The minimum absolute atomic E-state index is 0.0701. The quantitative estimate of drug-likeness (QED) is 0.285. The Hall–Kier alpha value is -3.36. The Morgan fingerprint density at radius 2 is 1.51 bits per heavy atom. The van der Waals surface area contributed by atoms with E-state index in [9.17, 15) is 18.0 Å². The van der Waals surface area contributed by atoms with Gasteiger partial charge in [-0.25, -0.2) is 8.42 Å². The van der Waals surface area contributed by atoms with Crippen molar-refractivity contribution in [2.45, 2.75) is 68.8 Å². The van der Waals surface area contributed by atoms with E-state index < -0.39 is 28.5 Å². The first kappa shape index (κ1) is 30.6. The number of rotatable bonds is 12. The first-order valence-electron chi connectivity index (χ1n) is 14.3. The zero-order chi connectivity index (χ0) is 29.2. The second-order valence-corrected chi connectivity index (χ2v) is 12.7. The number of anilines is 1. The number of nitrogens with one attached hydrogen (secondary N) is 1. The van der Waals surface area contributed by atoms with E-state index in [1.54, 1.807) is 47.4 Å². The number of hydrogen-bond acceptors (Lipinski definition) is 4. The van der Waals surface area contributed by atoms with Crippen LogP contribution >= 0.6 is 11.6 Å². The van der Waals surface area contributed by atoms with Gasteiger partial charge in [-0.05, 0) is 67.6 Å². The number of halogens is 1. The topological polar surface area (TPSA) is 86.8 Å². The summed E-state index contributed by atoms with van der Waals surface area (Å²) < 4.78 is 28.8. The van der Waals surface area contributed by atoms with E-state index >= 15 is 0 Å². The van der Waals surface area contributed by atoms with Gasteiger partial charge in [0, 0.05) is 17.6 Å². The molecule has 1 saturated carbocycles. The van der Waals surface area contributed by atoms with E-state index in [-0.39, 0.29) is 23.4 Å². The Balaban J connectivity index is 1.65. The van der Waals surface area contributed by atoms with Crippen molar-refractivity contribution in [1.29, 1.82) is 0 Å². The molecule has 3 aromatic rings. The predicted molar refractivity (Wildman–Crippen MR) is 163 cm³/mol. The molecular weight excluding hydrogens is 558 g/mol. The van der Waals surface area contributed by atoms with Crippen LogP contribution < -0.4 is 9.62 Å². The van der Waals surface area contributed by atoms with Crippen LogP contribution in [0.15, 0.2) is 89.8 Å². The van der Waals surface area contributed by atoms with Crippen molar-refractivity contribution in [2.75, 3.05) is 17.4 Å². The van der Waals surface area contributed by atoms with Gasteiger partial charge in [-0.15, -0.1) is 0 Å². The monoisotopic (exact) mass is 595 g/mol. The molecule has 4 rings (SSSR count). The maximum atomic E-state index is 14.1. The molecule has 1 N–H and O–H groups in total. The largest absolute Gasteiger partial charge is 0.352 e. The van der Waals surface area contributed by atoms with Crippen LogP contribution in [0.5, 0.6) is 0 Å². The molecule has 0 spiro atoms. The van der Waals surface area contributed by atoms with Crippen molar-refractivity contribution in [1.82, 2.24) is 10.2 Å².